The van der Waals surface area contributed by atoms with E-state index in [-0.39, 0.29) is 18.1 Å². The minimum Gasteiger partial charge on any atom is -0.491 e. The molecule has 1 atom stereocenters. The predicted molar refractivity (Wildman–Crippen MR) is 113 cm³/mol. The van der Waals surface area contributed by atoms with Crippen LogP contribution in [0, 0.1) is 0 Å². The van der Waals surface area contributed by atoms with E-state index < -0.39 is 0 Å². The maximum atomic E-state index is 12.4. The summed E-state index contributed by atoms with van der Waals surface area (Å²) in [6, 6.07) is 21.2. The molecule has 0 fully saturated rings. The molecule has 144 valence electrons. The van der Waals surface area contributed by atoms with E-state index in [1.807, 2.05) is 62.4 Å². The summed E-state index contributed by atoms with van der Waals surface area (Å²) in [6.45, 7) is 6.03. The minimum absolute atomic E-state index is 0.112. The molecular formula is C23H25N3O2. The van der Waals surface area contributed by atoms with Crippen molar-refractivity contribution in [2.75, 3.05) is 10.6 Å². The van der Waals surface area contributed by atoms with Crippen LogP contribution in [-0.2, 0) is 0 Å². The summed E-state index contributed by atoms with van der Waals surface area (Å²) in [7, 11) is 0. The number of hydrogen-bond donors (Lipinski definition) is 2. The van der Waals surface area contributed by atoms with Crippen molar-refractivity contribution < 1.29 is 9.53 Å². The van der Waals surface area contributed by atoms with Crippen molar-refractivity contribution >= 4 is 17.3 Å². The summed E-state index contributed by atoms with van der Waals surface area (Å²) < 4.78 is 5.60. The Bertz CT molecular complexity index is 891. The second-order valence-corrected chi connectivity index (χ2v) is 6.85. The normalized spacial score (nSPS) is 11.7. The van der Waals surface area contributed by atoms with Crippen LogP contribution >= 0.6 is 0 Å². The van der Waals surface area contributed by atoms with Gasteiger partial charge in [-0.1, -0.05) is 30.3 Å². The lowest BCUT2D eigenvalue weighted by molar-refractivity contribution is 0.102. The first-order chi connectivity index (χ1) is 13.5. The quantitative estimate of drug-likeness (QED) is 0.589. The molecule has 2 aromatic carbocycles. The lowest BCUT2D eigenvalue weighted by Crippen LogP contribution is -2.14. The summed E-state index contributed by atoms with van der Waals surface area (Å²) in [5.41, 5.74) is 3.11. The average Bonchev–Trinajstić information content (AvgIpc) is 2.70. The van der Waals surface area contributed by atoms with Gasteiger partial charge >= 0.3 is 0 Å². The van der Waals surface area contributed by atoms with Crippen molar-refractivity contribution in [3.8, 4) is 5.75 Å². The summed E-state index contributed by atoms with van der Waals surface area (Å²) in [5, 5.41) is 6.24. The number of anilines is 2. The molecule has 5 nitrogen and oxygen atoms in total. The molecule has 1 amide bonds. The highest BCUT2D eigenvalue weighted by Gasteiger charge is 2.10. The highest BCUT2D eigenvalue weighted by atomic mass is 16.5. The Morgan fingerprint density at radius 1 is 0.893 bits per heavy atom. The third-order valence-corrected chi connectivity index (χ3v) is 4.16. The lowest BCUT2D eigenvalue weighted by Gasteiger charge is -2.15. The van der Waals surface area contributed by atoms with E-state index in [9.17, 15) is 4.79 Å². The average molecular weight is 375 g/mol. The largest absolute Gasteiger partial charge is 0.491 e. The maximum Gasteiger partial charge on any atom is 0.274 e. The number of benzene rings is 2. The van der Waals surface area contributed by atoms with Crippen LogP contribution in [0.4, 0.5) is 11.4 Å². The second kappa shape index (κ2) is 9.04. The Morgan fingerprint density at radius 2 is 1.57 bits per heavy atom. The number of carbonyl (C=O) groups is 1. The molecule has 5 heteroatoms. The fraction of sp³-hybridized carbons (Fsp3) is 0.217. The highest BCUT2D eigenvalue weighted by Crippen LogP contribution is 2.20. The zero-order valence-corrected chi connectivity index (χ0v) is 16.3. The molecule has 1 heterocycles. The Morgan fingerprint density at radius 3 is 2.18 bits per heavy atom. The zero-order valence-electron chi connectivity index (χ0n) is 16.3. The molecule has 0 aliphatic carbocycles. The van der Waals surface area contributed by atoms with Crippen LogP contribution < -0.4 is 15.4 Å². The molecular weight excluding hydrogens is 350 g/mol. The van der Waals surface area contributed by atoms with Gasteiger partial charge in [0.1, 0.15) is 11.4 Å². The molecule has 1 unspecified atom stereocenters. The van der Waals surface area contributed by atoms with Crippen molar-refractivity contribution in [3.63, 3.8) is 0 Å². The molecule has 0 saturated heterocycles. The van der Waals surface area contributed by atoms with Crippen LogP contribution in [0.5, 0.6) is 5.75 Å². The Hall–Kier alpha value is -3.34. The van der Waals surface area contributed by atoms with Gasteiger partial charge in [0.25, 0.3) is 5.91 Å². The number of aromatic nitrogens is 1. The second-order valence-electron chi connectivity index (χ2n) is 6.85. The number of pyridine rings is 1. The van der Waals surface area contributed by atoms with Crippen molar-refractivity contribution in [1.82, 2.24) is 4.98 Å². The minimum atomic E-state index is -0.250. The first-order valence-electron chi connectivity index (χ1n) is 9.37. The molecule has 0 saturated carbocycles. The van der Waals surface area contributed by atoms with Gasteiger partial charge in [0.15, 0.2) is 0 Å². The molecule has 0 spiro atoms. The summed E-state index contributed by atoms with van der Waals surface area (Å²) in [4.78, 5) is 16.7. The van der Waals surface area contributed by atoms with Crippen LogP contribution in [0.15, 0.2) is 72.9 Å². The topological polar surface area (TPSA) is 63.2 Å². The summed E-state index contributed by atoms with van der Waals surface area (Å²) >= 11 is 0. The van der Waals surface area contributed by atoms with Gasteiger partial charge in [-0.3, -0.25) is 4.79 Å². The monoisotopic (exact) mass is 375 g/mol. The third kappa shape index (κ3) is 5.33. The van der Waals surface area contributed by atoms with E-state index >= 15 is 0 Å². The van der Waals surface area contributed by atoms with Crippen molar-refractivity contribution in [1.29, 1.82) is 0 Å². The maximum absolute atomic E-state index is 12.4. The Kier molecular flexibility index (Phi) is 6.27. The van der Waals surface area contributed by atoms with Gasteiger partial charge in [0, 0.05) is 11.7 Å². The fourth-order valence-electron chi connectivity index (χ4n) is 2.77. The van der Waals surface area contributed by atoms with E-state index in [0.29, 0.717) is 11.4 Å². The molecule has 0 aliphatic heterocycles. The molecule has 1 aromatic heterocycles. The Balaban J connectivity index is 1.59. The molecule has 3 rings (SSSR count). The van der Waals surface area contributed by atoms with Crippen molar-refractivity contribution in [3.05, 3.63) is 84.2 Å². The zero-order chi connectivity index (χ0) is 19.9. The van der Waals surface area contributed by atoms with Gasteiger partial charge in [-0.2, -0.15) is 0 Å². The van der Waals surface area contributed by atoms with E-state index in [4.69, 9.17) is 4.74 Å². The number of carbonyl (C=O) groups excluding carboxylic acids is 1. The van der Waals surface area contributed by atoms with Gasteiger partial charge in [-0.05, 0) is 62.7 Å². The van der Waals surface area contributed by atoms with E-state index in [1.165, 1.54) is 5.56 Å². The molecule has 0 radical (unpaired) electrons. The predicted octanol–water partition coefficient (Wildman–Crippen LogP) is 5.29. The van der Waals surface area contributed by atoms with Gasteiger partial charge in [0.2, 0.25) is 0 Å². The first kappa shape index (κ1) is 19.4. The van der Waals surface area contributed by atoms with Crippen molar-refractivity contribution in [2.24, 2.45) is 0 Å². The lowest BCUT2D eigenvalue weighted by atomic mass is 10.1. The van der Waals surface area contributed by atoms with Crippen LogP contribution in [0.1, 0.15) is 42.9 Å². The van der Waals surface area contributed by atoms with Gasteiger partial charge in [-0.25, -0.2) is 4.98 Å². The van der Waals surface area contributed by atoms with E-state index in [0.717, 1.165) is 11.4 Å². The Labute approximate surface area is 165 Å². The van der Waals surface area contributed by atoms with Crippen molar-refractivity contribution in [2.45, 2.75) is 32.9 Å². The van der Waals surface area contributed by atoms with Crippen LogP contribution in [0.25, 0.3) is 0 Å². The van der Waals surface area contributed by atoms with Crippen LogP contribution in [-0.4, -0.2) is 17.0 Å². The van der Waals surface area contributed by atoms with E-state index in [2.05, 4.69) is 34.7 Å². The van der Waals surface area contributed by atoms with E-state index in [1.54, 1.807) is 12.3 Å². The molecule has 28 heavy (non-hydrogen) atoms. The number of hydrogen-bond acceptors (Lipinski definition) is 4. The molecule has 0 aliphatic rings. The van der Waals surface area contributed by atoms with Crippen LogP contribution in [0.3, 0.4) is 0 Å². The SMILES string of the molecule is CC(C)Oc1ccc(NC(=O)c2ccc(NC(C)c3ccccc3)cn2)cc1. The van der Waals surface area contributed by atoms with Gasteiger partial charge < -0.3 is 15.4 Å². The smallest absolute Gasteiger partial charge is 0.274 e. The summed E-state index contributed by atoms with van der Waals surface area (Å²) in [6.07, 6.45) is 1.79. The number of nitrogens with zero attached hydrogens (tertiary/aromatic N) is 1. The summed E-state index contributed by atoms with van der Waals surface area (Å²) in [5.74, 6) is 0.522. The van der Waals surface area contributed by atoms with Crippen LogP contribution in [0.2, 0.25) is 0 Å². The number of rotatable bonds is 7. The molecule has 0 bridgehead atoms. The number of amides is 1. The molecule has 3 aromatic rings. The first-order valence-corrected chi connectivity index (χ1v) is 9.37. The van der Waals surface area contributed by atoms with Gasteiger partial charge in [0.05, 0.1) is 18.0 Å². The highest BCUT2D eigenvalue weighted by molar-refractivity contribution is 6.02. The third-order valence-electron chi connectivity index (χ3n) is 4.16. The number of nitrogens with one attached hydrogen (secondary N) is 2. The number of ether oxygens (including phenoxy) is 1. The fourth-order valence-corrected chi connectivity index (χ4v) is 2.77. The van der Waals surface area contributed by atoms with Gasteiger partial charge in [-0.15, -0.1) is 0 Å². The standard InChI is InChI=1S/C23H25N3O2/c1-16(2)28-21-12-9-19(10-13-21)26-23(27)22-14-11-20(15-24-22)25-17(3)18-7-5-4-6-8-18/h4-17,25H,1-3H3,(H,26,27). The molecule has 2 N–H and O–H groups in total.